The molecule has 7 nitrogen and oxygen atoms in total. The van der Waals surface area contributed by atoms with Gasteiger partial charge in [-0.25, -0.2) is 10.4 Å². The van der Waals surface area contributed by atoms with E-state index >= 15 is 0 Å². The van der Waals surface area contributed by atoms with E-state index in [-0.39, 0.29) is 30.8 Å². The first-order valence-corrected chi connectivity index (χ1v) is 10.5. The van der Waals surface area contributed by atoms with Gasteiger partial charge in [-0.3, -0.25) is 15.0 Å². The van der Waals surface area contributed by atoms with E-state index in [4.69, 9.17) is 10.7 Å². The Hall–Kier alpha value is -2.68. The maximum absolute atomic E-state index is 12.3. The summed E-state index contributed by atoms with van der Waals surface area (Å²) in [7, 11) is 0. The standard InChI is InChI=1S/C21H23N5O2S.ClH/c22-19(27)13-23-25-21(28)15-6-9-26(10-7-15)18-12-17(14-4-2-1-3-5-14)24-16-8-11-29-20(16)18;/h1-5,8,11-12,15,23H,6-7,9-10,13H2,(H2,22,27)(H,25,28);1H. The average Bonchev–Trinajstić information content (AvgIpc) is 3.22. The van der Waals surface area contributed by atoms with Gasteiger partial charge in [0, 0.05) is 24.6 Å². The number of pyridine rings is 1. The SMILES string of the molecule is Cl.NC(=O)CNNC(=O)C1CCN(c2cc(-c3ccccc3)nc3ccsc23)CC1. The van der Waals surface area contributed by atoms with Crippen molar-refractivity contribution in [2.75, 3.05) is 24.5 Å². The highest BCUT2D eigenvalue weighted by atomic mass is 35.5. The van der Waals surface area contributed by atoms with Gasteiger partial charge < -0.3 is 10.6 Å². The predicted molar refractivity (Wildman–Crippen MR) is 123 cm³/mol. The van der Waals surface area contributed by atoms with Crippen molar-refractivity contribution in [2.24, 2.45) is 11.7 Å². The number of carbonyl (C=O) groups excluding carboxylic acids is 2. The number of nitrogens with one attached hydrogen (secondary N) is 2. The maximum atomic E-state index is 12.3. The Labute approximate surface area is 185 Å². The van der Waals surface area contributed by atoms with E-state index < -0.39 is 5.91 Å². The van der Waals surface area contributed by atoms with Crippen LogP contribution in [0.25, 0.3) is 21.5 Å². The topological polar surface area (TPSA) is 100 Å². The van der Waals surface area contributed by atoms with Crippen LogP contribution < -0.4 is 21.5 Å². The summed E-state index contributed by atoms with van der Waals surface area (Å²) in [5.74, 6) is -0.681. The number of amides is 2. The molecule has 1 aromatic carbocycles. The number of benzene rings is 1. The largest absolute Gasteiger partial charge is 0.370 e. The third-order valence-electron chi connectivity index (χ3n) is 5.14. The molecule has 2 amide bonds. The lowest BCUT2D eigenvalue weighted by Gasteiger charge is -2.33. The zero-order valence-electron chi connectivity index (χ0n) is 16.3. The number of hydrazine groups is 1. The smallest absolute Gasteiger partial charge is 0.237 e. The Morgan fingerprint density at radius 3 is 2.60 bits per heavy atom. The Bertz CT molecular complexity index is 1020. The van der Waals surface area contributed by atoms with Crippen molar-refractivity contribution in [1.82, 2.24) is 15.8 Å². The molecule has 9 heteroatoms. The fourth-order valence-corrected chi connectivity index (χ4v) is 4.51. The second kappa shape index (κ2) is 9.88. The van der Waals surface area contributed by atoms with Crippen LogP contribution in [-0.4, -0.2) is 36.4 Å². The predicted octanol–water partition coefficient (Wildman–Crippen LogP) is 2.71. The fourth-order valence-electron chi connectivity index (χ4n) is 3.63. The lowest BCUT2D eigenvalue weighted by atomic mass is 9.95. The molecule has 0 spiro atoms. The lowest BCUT2D eigenvalue weighted by Crippen LogP contribution is -2.47. The van der Waals surface area contributed by atoms with Crippen LogP contribution in [0.2, 0.25) is 0 Å². The van der Waals surface area contributed by atoms with E-state index in [9.17, 15) is 9.59 Å². The van der Waals surface area contributed by atoms with Crippen molar-refractivity contribution >= 4 is 51.5 Å². The number of halogens is 1. The summed E-state index contributed by atoms with van der Waals surface area (Å²) in [6, 6.07) is 14.4. The van der Waals surface area contributed by atoms with Crippen molar-refractivity contribution in [3.05, 3.63) is 47.8 Å². The van der Waals surface area contributed by atoms with Gasteiger partial charge in [-0.2, -0.15) is 0 Å². The second-order valence-electron chi connectivity index (χ2n) is 7.10. The number of fused-ring (bicyclic) bond motifs is 1. The van der Waals surface area contributed by atoms with Crippen molar-refractivity contribution < 1.29 is 9.59 Å². The molecule has 1 aliphatic rings. The zero-order chi connectivity index (χ0) is 20.2. The van der Waals surface area contributed by atoms with Crippen molar-refractivity contribution in [2.45, 2.75) is 12.8 Å². The average molecular weight is 446 g/mol. The molecule has 4 rings (SSSR count). The van der Waals surface area contributed by atoms with Crippen LogP contribution in [0.3, 0.4) is 0 Å². The summed E-state index contributed by atoms with van der Waals surface area (Å²) in [6.07, 6.45) is 1.50. The highest BCUT2D eigenvalue weighted by Crippen LogP contribution is 2.36. The minimum absolute atomic E-state index is 0. The first-order chi connectivity index (χ1) is 14.1. The van der Waals surface area contributed by atoms with Gasteiger partial charge in [0.05, 0.1) is 28.1 Å². The number of hydrogen-bond donors (Lipinski definition) is 3. The number of rotatable bonds is 6. The quantitative estimate of drug-likeness (QED) is 0.506. The van der Waals surface area contributed by atoms with Gasteiger partial charge in [0.2, 0.25) is 11.8 Å². The molecular formula is C21H24ClN5O2S. The highest BCUT2D eigenvalue weighted by Gasteiger charge is 2.26. The van der Waals surface area contributed by atoms with Crippen LogP contribution >= 0.6 is 23.7 Å². The molecule has 0 atom stereocenters. The molecule has 0 radical (unpaired) electrons. The van der Waals surface area contributed by atoms with Gasteiger partial charge in [-0.1, -0.05) is 30.3 Å². The Morgan fingerprint density at radius 2 is 1.90 bits per heavy atom. The molecule has 2 aromatic heterocycles. The maximum Gasteiger partial charge on any atom is 0.237 e. The molecule has 0 unspecified atom stereocenters. The number of nitrogens with zero attached hydrogens (tertiary/aromatic N) is 2. The lowest BCUT2D eigenvalue weighted by molar-refractivity contribution is -0.126. The molecule has 1 saturated heterocycles. The number of aromatic nitrogens is 1. The number of thiophene rings is 1. The molecule has 1 fully saturated rings. The first kappa shape index (κ1) is 22.0. The molecule has 0 bridgehead atoms. The van der Waals surface area contributed by atoms with E-state index in [1.807, 2.05) is 18.2 Å². The summed E-state index contributed by atoms with van der Waals surface area (Å²) in [5.41, 5.74) is 14.5. The second-order valence-corrected chi connectivity index (χ2v) is 8.01. The normalized spacial score (nSPS) is 14.3. The first-order valence-electron chi connectivity index (χ1n) is 9.61. The Kier molecular flexibility index (Phi) is 7.25. The third kappa shape index (κ3) is 4.89. The third-order valence-corrected chi connectivity index (χ3v) is 6.07. The summed E-state index contributed by atoms with van der Waals surface area (Å²) in [6.45, 7) is 1.51. The van der Waals surface area contributed by atoms with E-state index in [1.54, 1.807) is 11.3 Å². The molecule has 1 aliphatic heterocycles. The van der Waals surface area contributed by atoms with E-state index in [0.717, 1.165) is 42.7 Å². The molecule has 30 heavy (non-hydrogen) atoms. The van der Waals surface area contributed by atoms with Crippen LogP contribution in [-0.2, 0) is 9.59 Å². The summed E-state index contributed by atoms with van der Waals surface area (Å²) in [4.78, 5) is 30.2. The number of piperidine rings is 1. The van der Waals surface area contributed by atoms with Crippen molar-refractivity contribution in [3.8, 4) is 11.3 Å². The van der Waals surface area contributed by atoms with Crippen LogP contribution in [0, 0.1) is 5.92 Å². The van der Waals surface area contributed by atoms with Crippen molar-refractivity contribution in [3.63, 3.8) is 0 Å². The monoisotopic (exact) mass is 445 g/mol. The highest BCUT2D eigenvalue weighted by molar-refractivity contribution is 7.17. The minimum Gasteiger partial charge on any atom is -0.370 e. The number of hydrogen-bond acceptors (Lipinski definition) is 6. The van der Waals surface area contributed by atoms with Gasteiger partial charge in [0.15, 0.2) is 0 Å². The van der Waals surface area contributed by atoms with Gasteiger partial charge in [-0.15, -0.1) is 23.7 Å². The van der Waals surface area contributed by atoms with Crippen LogP contribution in [0.15, 0.2) is 47.8 Å². The fraction of sp³-hybridized carbons (Fsp3) is 0.286. The molecule has 3 heterocycles. The van der Waals surface area contributed by atoms with E-state index in [1.165, 1.54) is 10.4 Å². The van der Waals surface area contributed by atoms with Gasteiger partial charge in [0.1, 0.15) is 0 Å². The van der Waals surface area contributed by atoms with E-state index in [2.05, 4.69) is 45.4 Å². The molecule has 0 saturated carbocycles. The number of carbonyl (C=O) groups is 2. The van der Waals surface area contributed by atoms with Crippen molar-refractivity contribution in [1.29, 1.82) is 0 Å². The molecular weight excluding hydrogens is 422 g/mol. The molecule has 0 aliphatic carbocycles. The Morgan fingerprint density at radius 1 is 1.17 bits per heavy atom. The minimum atomic E-state index is -0.507. The summed E-state index contributed by atoms with van der Waals surface area (Å²) < 4.78 is 1.18. The number of anilines is 1. The van der Waals surface area contributed by atoms with Crippen LogP contribution in [0.5, 0.6) is 0 Å². The number of nitrogens with two attached hydrogens (primary N) is 1. The van der Waals surface area contributed by atoms with Crippen LogP contribution in [0.1, 0.15) is 12.8 Å². The van der Waals surface area contributed by atoms with Gasteiger partial charge in [0.25, 0.3) is 0 Å². The van der Waals surface area contributed by atoms with Gasteiger partial charge >= 0.3 is 0 Å². The molecule has 158 valence electrons. The molecule has 3 aromatic rings. The Balaban J connectivity index is 0.00000256. The molecule has 4 N–H and O–H groups in total. The summed E-state index contributed by atoms with van der Waals surface area (Å²) in [5, 5.41) is 2.07. The zero-order valence-corrected chi connectivity index (χ0v) is 18.0. The van der Waals surface area contributed by atoms with Gasteiger partial charge in [-0.05, 0) is 30.4 Å². The number of primary amides is 1. The van der Waals surface area contributed by atoms with E-state index in [0.29, 0.717) is 0 Å². The van der Waals surface area contributed by atoms with Crippen LogP contribution in [0.4, 0.5) is 5.69 Å². The summed E-state index contributed by atoms with van der Waals surface area (Å²) >= 11 is 1.70.